The Morgan fingerprint density at radius 1 is 1.30 bits per heavy atom. The fraction of sp³-hybridized carbons (Fsp3) is 0.143. The largest absolute Gasteiger partial charge is 0.459 e. The van der Waals surface area contributed by atoms with E-state index in [0.29, 0.717) is 5.69 Å². The molecule has 0 saturated carbocycles. The van der Waals surface area contributed by atoms with Gasteiger partial charge in [-0.3, -0.25) is 9.59 Å². The number of anilines is 1. The number of aryl methyl sites for hydroxylation is 1. The number of amides is 2. The van der Waals surface area contributed by atoms with Crippen LogP contribution in [0.2, 0.25) is 0 Å². The quantitative estimate of drug-likeness (QED) is 0.901. The number of benzene rings is 1. The molecule has 0 spiro atoms. The van der Waals surface area contributed by atoms with Crippen molar-refractivity contribution < 1.29 is 14.0 Å². The van der Waals surface area contributed by atoms with Gasteiger partial charge in [-0.05, 0) is 42.8 Å². The summed E-state index contributed by atoms with van der Waals surface area (Å²) in [5.41, 5.74) is 1.65. The van der Waals surface area contributed by atoms with E-state index >= 15 is 0 Å². The number of carbonyl (C=O) groups excluding carboxylic acids is 2. The minimum absolute atomic E-state index is 0.116. The highest BCUT2D eigenvalue weighted by molar-refractivity contribution is 9.10. The highest BCUT2D eigenvalue weighted by Gasteiger charge is 2.10. The maximum absolute atomic E-state index is 11.8. The lowest BCUT2D eigenvalue weighted by molar-refractivity contribution is -0.115. The van der Waals surface area contributed by atoms with Crippen LogP contribution in [-0.2, 0) is 4.79 Å². The maximum Gasteiger partial charge on any atom is 0.287 e. The number of hydrogen-bond donors (Lipinski definition) is 2. The van der Waals surface area contributed by atoms with Crippen molar-refractivity contribution in [2.45, 2.75) is 6.92 Å². The third-order valence-corrected chi connectivity index (χ3v) is 3.11. The van der Waals surface area contributed by atoms with Crippen LogP contribution in [0.4, 0.5) is 5.69 Å². The Kier molecular flexibility index (Phi) is 4.57. The van der Waals surface area contributed by atoms with Crippen LogP contribution in [0.5, 0.6) is 0 Å². The summed E-state index contributed by atoms with van der Waals surface area (Å²) in [7, 11) is 0. The molecule has 1 heterocycles. The fourth-order valence-corrected chi connectivity index (χ4v) is 2.09. The first-order valence-corrected chi connectivity index (χ1v) is 6.73. The Hall–Kier alpha value is -2.08. The van der Waals surface area contributed by atoms with Gasteiger partial charge in [-0.1, -0.05) is 15.9 Å². The van der Waals surface area contributed by atoms with Crippen LogP contribution >= 0.6 is 15.9 Å². The van der Waals surface area contributed by atoms with Gasteiger partial charge in [0.2, 0.25) is 5.91 Å². The second kappa shape index (κ2) is 6.38. The molecule has 0 aliphatic rings. The average Bonchev–Trinajstić information content (AvgIpc) is 2.93. The number of rotatable bonds is 4. The van der Waals surface area contributed by atoms with E-state index in [-0.39, 0.29) is 18.2 Å². The van der Waals surface area contributed by atoms with Gasteiger partial charge in [-0.25, -0.2) is 0 Å². The summed E-state index contributed by atoms with van der Waals surface area (Å²) in [5.74, 6) is -0.536. The molecule has 0 unspecified atom stereocenters. The molecule has 0 saturated heterocycles. The molecule has 0 aliphatic heterocycles. The van der Waals surface area contributed by atoms with Gasteiger partial charge >= 0.3 is 0 Å². The number of furan rings is 1. The fourth-order valence-electron chi connectivity index (χ4n) is 1.62. The van der Waals surface area contributed by atoms with Gasteiger partial charge < -0.3 is 15.1 Å². The van der Waals surface area contributed by atoms with Crippen molar-refractivity contribution in [2.24, 2.45) is 0 Å². The molecule has 0 fully saturated rings. The lowest BCUT2D eigenvalue weighted by Gasteiger charge is -2.09. The second-order valence-electron chi connectivity index (χ2n) is 4.17. The van der Waals surface area contributed by atoms with Crippen molar-refractivity contribution in [3.8, 4) is 0 Å². The minimum atomic E-state index is -0.419. The minimum Gasteiger partial charge on any atom is -0.459 e. The average molecular weight is 337 g/mol. The van der Waals surface area contributed by atoms with Crippen LogP contribution in [-0.4, -0.2) is 18.4 Å². The van der Waals surface area contributed by atoms with Crippen molar-refractivity contribution >= 4 is 33.4 Å². The molecule has 20 heavy (non-hydrogen) atoms. The molecule has 0 radical (unpaired) electrons. The highest BCUT2D eigenvalue weighted by Crippen LogP contribution is 2.19. The van der Waals surface area contributed by atoms with E-state index in [0.717, 1.165) is 10.0 Å². The molecular weight excluding hydrogens is 324 g/mol. The van der Waals surface area contributed by atoms with E-state index in [9.17, 15) is 9.59 Å². The van der Waals surface area contributed by atoms with Crippen molar-refractivity contribution in [2.75, 3.05) is 11.9 Å². The standard InChI is InChI=1S/C14H13BrN2O3/c1-9-7-10(15)4-5-11(9)17-13(18)8-16-14(19)12-3-2-6-20-12/h2-7H,8H2,1H3,(H,16,19)(H,17,18). The van der Waals surface area contributed by atoms with Gasteiger partial charge in [-0.15, -0.1) is 0 Å². The molecule has 0 bridgehead atoms. The van der Waals surface area contributed by atoms with Crippen LogP contribution < -0.4 is 10.6 Å². The van der Waals surface area contributed by atoms with Crippen molar-refractivity contribution in [1.82, 2.24) is 5.32 Å². The SMILES string of the molecule is Cc1cc(Br)ccc1NC(=O)CNC(=O)c1ccco1. The molecule has 1 aromatic carbocycles. The third-order valence-electron chi connectivity index (χ3n) is 2.62. The number of carbonyl (C=O) groups is 2. The highest BCUT2D eigenvalue weighted by atomic mass is 79.9. The van der Waals surface area contributed by atoms with E-state index in [1.807, 2.05) is 19.1 Å². The molecule has 6 heteroatoms. The molecule has 2 N–H and O–H groups in total. The van der Waals surface area contributed by atoms with Crippen LogP contribution in [0.3, 0.4) is 0 Å². The molecule has 2 amide bonds. The third kappa shape index (κ3) is 3.71. The van der Waals surface area contributed by atoms with Gasteiger partial charge in [0.05, 0.1) is 12.8 Å². The molecule has 2 rings (SSSR count). The van der Waals surface area contributed by atoms with E-state index in [2.05, 4.69) is 26.6 Å². The summed E-state index contributed by atoms with van der Waals surface area (Å²) >= 11 is 3.35. The lowest BCUT2D eigenvalue weighted by Crippen LogP contribution is -2.32. The van der Waals surface area contributed by atoms with Crippen molar-refractivity contribution in [3.05, 3.63) is 52.4 Å². The van der Waals surface area contributed by atoms with Gasteiger partial charge in [0.25, 0.3) is 5.91 Å². The van der Waals surface area contributed by atoms with Crippen LogP contribution in [0.25, 0.3) is 0 Å². The number of nitrogens with one attached hydrogen (secondary N) is 2. The van der Waals surface area contributed by atoms with Crippen molar-refractivity contribution in [3.63, 3.8) is 0 Å². The van der Waals surface area contributed by atoms with Crippen LogP contribution in [0.15, 0.2) is 45.5 Å². The zero-order valence-corrected chi connectivity index (χ0v) is 12.4. The predicted octanol–water partition coefficient (Wildman–Crippen LogP) is 2.72. The monoisotopic (exact) mass is 336 g/mol. The summed E-state index contributed by atoms with van der Waals surface area (Å²) in [6.07, 6.45) is 1.40. The van der Waals surface area contributed by atoms with E-state index in [1.165, 1.54) is 12.3 Å². The first-order valence-electron chi connectivity index (χ1n) is 5.94. The maximum atomic E-state index is 11.8. The normalized spacial score (nSPS) is 10.1. The number of halogens is 1. The van der Waals surface area contributed by atoms with Crippen LogP contribution in [0, 0.1) is 6.92 Å². The summed E-state index contributed by atoms with van der Waals surface area (Å²) in [6, 6.07) is 8.68. The van der Waals surface area contributed by atoms with E-state index < -0.39 is 5.91 Å². The zero-order valence-electron chi connectivity index (χ0n) is 10.8. The Morgan fingerprint density at radius 2 is 2.10 bits per heavy atom. The molecule has 5 nitrogen and oxygen atoms in total. The molecule has 0 aliphatic carbocycles. The van der Waals surface area contributed by atoms with E-state index in [1.54, 1.807) is 12.1 Å². The second-order valence-corrected chi connectivity index (χ2v) is 5.08. The molecular formula is C14H13BrN2O3. The van der Waals surface area contributed by atoms with Gasteiger partial charge in [0.1, 0.15) is 0 Å². The molecule has 104 valence electrons. The summed E-state index contributed by atoms with van der Waals surface area (Å²) in [6.45, 7) is 1.77. The summed E-state index contributed by atoms with van der Waals surface area (Å²) < 4.78 is 5.87. The van der Waals surface area contributed by atoms with Crippen LogP contribution in [0.1, 0.15) is 16.1 Å². The Labute approximate surface area is 124 Å². The van der Waals surface area contributed by atoms with Gasteiger partial charge in [0.15, 0.2) is 5.76 Å². The van der Waals surface area contributed by atoms with E-state index in [4.69, 9.17) is 4.42 Å². The van der Waals surface area contributed by atoms with Gasteiger partial charge in [-0.2, -0.15) is 0 Å². The molecule has 1 aromatic heterocycles. The zero-order chi connectivity index (χ0) is 14.5. The predicted molar refractivity (Wildman–Crippen MR) is 78.5 cm³/mol. The van der Waals surface area contributed by atoms with Gasteiger partial charge in [0, 0.05) is 10.2 Å². The lowest BCUT2D eigenvalue weighted by atomic mass is 10.2. The Bertz CT molecular complexity index is 623. The molecule has 2 aromatic rings. The first kappa shape index (κ1) is 14.3. The topological polar surface area (TPSA) is 71.3 Å². The van der Waals surface area contributed by atoms with Crippen molar-refractivity contribution in [1.29, 1.82) is 0 Å². The summed E-state index contributed by atoms with van der Waals surface area (Å²) in [5, 5.41) is 5.21. The first-order chi connectivity index (χ1) is 9.56. The Balaban J connectivity index is 1.88. The number of hydrogen-bond acceptors (Lipinski definition) is 3. The molecule has 0 atom stereocenters. The smallest absolute Gasteiger partial charge is 0.287 e. The Morgan fingerprint density at radius 3 is 2.75 bits per heavy atom. The summed E-state index contributed by atoms with van der Waals surface area (Å²) in [4.78, 5) is 23.3.